The van der Waals surface area contributed by atoms with E-state index < -0.39 is 5.97 Å². The van der Waals surface area contributed by atoms with Crippen molar-refractivity contribution in [3.05, 3.63) is 28.8 Å². The van der Waals surface area contributed by atoms with Gasteiger partial charge in [0.2, 0.25) is 0 Å². The summed E-state index contributed by atoms with van der Waals surface area (Å²) in [7, 11) is 0. The molecule has 0 amide bonds. The average molecular weight is 301 g/mol. The summed E-state index contributed by atoms with van der Waals surface area (Å²) in [5.74, 6) is -1.17. The molecule has 1 N–H and O–H groups in total. The molecule has 1 aromatic rings. The first-order valence-electron chi connectivity index (χ1n) is 6.28. The highest BCUT2D eigenvalue weighted by atomic mass is 35.5. The Morgan fingerprint density at radius 3 is 2.55 bits per heavy atom. The summed E-state index contributed by atoms with van der Waals surface area (Å²) in [6.45, 7) is 3.65. The Balaban J connectivity index is 2.37. The number of esters is 2. The third kappa shape index (κ3) is 4.74. The highest BCUT2D eigenvalue weighted by Crippen LogP contribution is 2.23. The molecule has 5 nitrogen and oxygen atoms in total. The quantitative estimate of drug-likeness (QED) is 0.646. The van der Waals surface area contributed by atoms with Crippen molar-refractivity contribution in [2.45, 2.75) is 20.3 Å². The van der Waals surface area contributed by atoms with Crippen LogP contribution in [-0.4, -0.2) is 30.3 Å². The lowest BCUT2D eigenvalue weighted by molar-refractivity contribution is -0.149. The van der Waals surface area contributed by atoms with Gasteiger partial charge >= 0.3 is 11.9 Å². The minimum absolute atomic E-state index is 0.0146. The number of carbonyl (C=O) groups is 2. The average Bonchev–Trinajstić information content (AvgIpc) is 2.44. The lowest BCUT2D eigenvalue weighted by Crippen LogP contribution is -2.18. The second-order valence-corrected chi connectivity index (χ2v) is 4.69. The molecule has 0 aliphatic carbocycles. The van der Waals surface area contributed by atoms with Crippen LogP contribution >= 0.6 is 11.6 Å². The zero-order valence-corrected chi connectivity index (χ0v) is 12.1. The maximum Gasteiger partial charge on any atom is 0.338 e. The molecule has 0 aliphatic rings. The Labute approximate surface area is 122 Å². The summed E-state index contributed by atoms with van der Waals surface area (Å²) in [6, 6.07) is 4.01. The molecule has 0 bridgehead atoms. The van der Waals surface area contributed by atoms with Crippen LogP contribution in [0.1, 0.15) is 30.6 Å². The summed E-state index contributed by atoms with van der Waals surface area (Å²) in [5.41, 5.74) is 0.223. The maximum absolute atomic E-state index is 11.6. The molecule has 110 valence electrons. The van der Waals surface area contributed by atoms with Crippen LogP contribution < -0.4 is 0 Å². The number of aromatic hydroxyl groups is 1. The monoisotopic (exact) mass is 300 g/mol. The third-order valence-corrected chi connectivity index (χ3v) is 3.06. The van der Waals surface area contributed by atoms with Crippen LogP contribution in [-0.2, 0) is 14.3 Å². The number of rotatable bonds is 6. The van der Waals surface area contributed by atoms with Gasteiger partial charge in [-0.05, 0) is 24.6 Å². The Bertz CT molecular complexity index is 486. The molecular weight excluding hydrogens is 284 g/mol. The van der Waals surface area contributed by atoms with E-state index in [1.165, 1.54) is 18.2 Å². The van der Waals surface area contributed by atoms with E-state index in [1.54, 1.807) is 6.92 Å². The van der Waals surface area contributed by atoms with Crippen LogP contribution in [0.3, 0.4) is 0 Å². The van der Waals surface area contributed by atoms with Crippen LogP contribution in [0.5, 0.6) is 5.75 Å². The van der Waals surface area contributed by atoms with Gasteiger partial charge < -0.3 is 14.6 Å². The Hall–Kier alpha value is -1.75. The largest absolute Gasteiger partial charge is 0.506 e. The first-order chi connectivity index (χ1) is 9.45. The first-order valence-corrected chi connectivity index (χ1v) is 6.65. The fourth-order valence-corrected chi connectivity index (χ4v) is 1.48. The van der Waals surface area contributed by atoms with Crippen LogP contribution in [0.2, 0.25) is 5.02 Å². The Morgan fingerprint density at radius 1 is 1.30 bits per heavy atom. The lowest BCUT2D eigenvalue weighted by atomic mass is 10.1. The van der Waals surface area contributed by atoms with Crippen LogP contribution in [0, 0.1) is 5.92 Å². The lowest BCUT2D eigenvalue weighted by Gasteiger charge is -2.09. The fourth-order valence-electron chi connectivity index (χ4n) is 1.30. The highest BCUT2D eigenvalue weighted by molar-refractivity contribution is 6.32. The molecule has 1 unspecified atom stereocenters. The van der Waals surface area contributed by atoms with Crippen molar-refractivity contribution in [2.75, 3.05) is 13.2 Å². The van der Waals surface area contributed by atoms with Gasteiger partial charge in [0.15, 0.2) is 0 Å². The van der Waals surface area contributed by atoms with Crippen molar-refractivity contribution < 1.29 is 24.2 Å². The molecule has 0 spiro atoms. The molecule has 0 heterocycles. The van der Waals surface area contributed by atoms with E-state index in [1.807, 2.05) is 6.92 Å². The summed E-state index contributed by atoms with van der Waals surface area (Å²) >= 11 is 5.68. The van der Waals surface area contributed by atoms with Gasteiger partial charge in [-0.15, -0.1) is 0 Å². The molecule has 0 saturated carbocycles. The predicted molar refractivity (Wildman–Crippen MR) is 73.8 cm³/mol. The fraction of sp³-hybridized carbons (Fsp3) is 0.429. The van der Waals surface area contributed by atoms with E-state index in [0.29, 0.717) is 6.42 Å². The molecule has 0 fully saturated rings. The summed E-state index contributed by atoms with van der Waals surface area (Å²) < 4.78 is 9.87. The van der Waals surface area contributed by atoms with Gasteiger partial charge in [0.05, 0.1) is 16.5 Å². The number of hydrogen-bond acceptors (Lipinski definition) is 5. The van der Waals surface area contributed by atoms with Gasteiger partial charge in [0, 0.05) is 0 Å². The SMILES string of the molecule is CCC(C)C(=O)OCCOC(=O)c1ccc(O)c(Cl)c1. The van der Waals surface area contributed by atoms with E-state index >= 15 is 0 Å². The number of ether oxygens (including phenoxy) is 2. The van der Waals surface area contributed by atoms with Crippen molar-refractivity contribution in [1.82, 2.24) is 0 Å². The number of benzene rings is 1. The van der Waals surface area contributed by atoms with Crippen molar-refractivity contribution in [1.29, 1.82) is 0 Å². The number of hydrogen-bond donors (Lipinski definition) is 1. The summed E-state index contributed by atoms with van der Waals surface area (Å²) in [5, 5.41) is 9.31. The van der Waals surface area contributed by atoms with Gasteiger partial charge in [-0.25, -0.2) is 4.79 Å². The Morgan fingerprint density at radius 2 is 1.95 bits per heavy atom. The molecule has 0 saturated heterocycles. The standard InChI is InChI=1S/C14H17ClO5/c1-3-9(2)13(17)19-6-7-20-14(18)10-4-5-12(16)11(15)8-10/h4-5,8-9,16H,3,6-7H2,1-2H3. The first kappa shape index (κ1) is 16.3. The van der Waals surface area contributed by atoms with Crippen molar-refractivity contribution in [3.63, 3.8) is 0 Å². The van der Waals surface area contributed by atoms with Crippen LogP contribution in [0.15, 0.2) is 18.2 Å². The van der Waals surface area contributed by atoms with Crippen LogP contribution in [0.4, 0.5) is 0 Å². The topological polar surface area (TPSA) is 72.8 Å². The zero-order valence-electron chi connectivity index (χ0n) is 11.4. The van der Waals surface area contributed by atoms with E-state index in [2.05, 4.69) is 0 Å². The van der Waals surface area contributed by atoms with Crippen molar-refractivity contribution in [2.24, 2.45) is 5.92 Å². The van der Waals surface area contributed by atoms with E-state index in [9.17, 15) is 14.7 Å². The Kier molecular flexibility index (Phi) is 6.31. The predicted octanol–water partition coefficient (Wildman–Crippen LogP) is 2.79. The van der Waals surface area contributed by atoms with Crippen LogP contribution in [0.25, 0.3) is 0 Å². The molecule has 1 rings (SSSR count). The summed E-state index contributed by atoms with van der Waals surface area (Å²) in [4.78, 5) is 23.0. The number of phenols is 1. The second kappa shape index (κ2) is 7.75. The van der Waals surface area contributed by atoms with Gasteiger partial charge in [-0.1, -0.05) is 25.4 Å². The van der Waals surface area contributed by atoms with Gasteiger partial charge in [0.1, 0.15) is 19.0 Å². The van der Waals surface area contributed by atoms with E-state index in [0.717, 1.165) is 0 Å². The van der Waals surface area contributed by atoms with Crippen molar-refractivity contribution >= 4 is 23.5 Å². The summed E-state index contributed by atoms with van der Waals surface area (Å²) in [6.07, 6.45) is 0.699. The maximum atomic E-state index is 11.6. The van der Waals surface area contributed by atoms with Gasteiger partial charge in [0.25, 0.3) is 0 Å². The number of phenolic OH excluding ortho intramolecular Hbond substituents is 1. The third-order valence-electron chi connectivity index (χ3n) is 2.76. The van der Waals surface area contributed by atoms with E-state index in [4.69, 9.17) is 21.1 Å². The molecule has 0 radical (unpaired) electrons. The second-order valence-electron chi connectivity index (χ2n) is 4.28. The zero-order chi connectivity index (χ0) is 15.1. The smallest absolute Gasteiger partial charge is 0.338 e. The molecule has 0 aromatic heterocycles. The molecule has 1 atom stereocenters. The molecule has 6 heteroatoms. The minimum Gasteiger partial charge on any atom is -0.506 e. The molecule has 0 aliphatic heterocycles. The number of halogens is 1. The molecular formula is C14H17ClO5. The molecule has 20 heavy (non-hydrogen) atoms. The van der Waals surface area contributed by atoms with Gasteiger partial charge in [-0.2, -0.15) is 0 Å². The van der Waals surface area contributed by atoms with Crippen molar-refractivity contribution in [3.8, 4) is 5.75 Å². The van der Waals surface area contributed by atoms with E-state index in [-0.39, 0.29) is 41.4 Å². The molecule has 1 aromatic carbocycles. The normalized spacial score (nSPS) is 11.8. The number of carbonyl (C=O) groups excluding carboxylic acids is 2. The minimum atomic E-state index is -0.591. The highest BCUT2D eigenvalue weighted by Gasteiger charge is 2.13. The van der Waals surface area contributed by atoms with Gasteiger partial charge in [-0.3, -0.25) is 4.79 Å².